The molecule has 0 saturated carbocycles. The average Bonchev–Trinajstić information content (AvgIpc) is 3.11. The van der Waals surface area contributed by atoms with Crippen LogP contribution in [0.4, 0.5) is 5.69 Å². The molecule has 7 heteroatoms. The third kappa shape index (κ3) is 4.13. The molecule has 0 aliphatic heterocycles. The van der Waals surface area contributed by atoms with Crippen LogP contribution in [0.2, 0.25) is 0 Å². The normalized spacial score (nSPS) is 10.3. The second-order valence-corrected chi connectivity index (χ2v) is 6.01. The van der Waals surface area contributed by atoms with E-state index in [1.54, 1.807) is 38.6 Å². The van der Waals surface area contributed by atoms with Crippen LogP contribution in [0.3, 0.4) is 0 Å². The molecule has 0 spiro atoms. The van der Waals surface area contributed by atoms with Gasteiger partial charge in [-0.25, -0.2) is 4.98 Å². The number of carbonyl (C=O) groups excluding carboxylic acids is 1. The van der Waals surface area contributed by atoms with Gasteiger partial charge in [0.15, 0.2) is 0 Å². The molecule has 6 nitrogen and oxygen atoms in total. The van der Waals surface area contributed by atoms with Crippen LogP contribution in [-0.2, 0) is 11.2 Å². The number of amides is 1. The first-order valence-electron chi connectivity index (χ1n) is 7.57. The second-order valence-electron chi connectivity index (χ2n) is 5.15. The summed E-state index contributed by atoms with van der Waals surface area (Å²) in [5.41, 5.74) is 2.10. The van der Waals surface area contributed by atoms with Gasteiger partial charge in [0.25, 0.3) is 0 Å². The lowest BCUT2D eigenvalue weighted by Crippen LogP contribution is -2.15. The van der Waals surface area contributed by atoms with Crippen LogP contribution in [-0.4, -0.2) is 30.1 Å². The molecule has 3 aromatic rings. The van der Waals surface area contributed by atoms with Crippen LogP contribution in [0.25, 0.3) is 10.7 Å². The van der Waals surface area contributed by atoms with Crippen molar-refractivity contribution in [2.24, 2.45) is 0 Å². The number of rotatable bonds is 6. The smallest absolute Gasteiger partial charge is 0.230 e. The van der Waals surface area contributed by atoms with Gasteiger partial charge < -0.3 is 14.8 Å². The number of nitrogens with one attached hydrogen (secondary N) is 1. The van der Waals surface area contributed by atoms with Crippen molar-refractivity contribution in [2.45, 2.75) is 6.42 Å². The Balaban J connectivity index is 1.68. The van der Waals surface area contributed by atoms with Crippen LogP contribution in [0, 0.1) is 0 Å². The first kappa shape index (κ1) is 16.9. The molecule has 0 aliphatic carbocycles. The summed E-state index contributed by atoms with van der Waals surface area (Å²) in [5, 5.41) is 5.51. The van der Waals surface area contributed by atoms with Crippen LogP contribution < -0.4 is 14.8 Å². The summed E-state index contributed by atoms with van der Waals surface area (Å²) in [6.07, 6.45) is 1.90. The summed E-state index contributed by atoms with van der Waals surface area (Å²) < 4.78 is 10.4. The maximum atomic E-state index is 12.3. The number of carbonyl (C=O) groups is 1. The fourth-order valence-corrected chi connectivity index (χ4v) is 3.05. The summed E-state index contributed by atoms with van der Waals surface area (Å²) >= 11 is 1.47. The fraction of sp³-hybridized carbons (Fsp3) is 0.167. The number of aromatic nitrogens is 2. The molecule has 0 bridgehead atoms. The van der Waals surface area contributed by atoms with Gasteiger partial charge in [0.05, 0.1) is 37.7 Å². The van der Waals surface area contributed by atoms with E-state index in [1.165, 1.54) is 11.3 Å². The minimum atomic E-state index is -0.165. The van der Waals surface area contributed by atoms with E-state index in [9.17, 15) is 4.79 Å². The largest absolute Gasteiger partial charge is 0.497 e. The Labute approximate surface area is 149 Å². The van der Waals surface area contributed by atoms with Crippen molar-refractivity contribution >= 4 is 22.9 Å². The molecule has 0 saturated heterocycles. The van der Waals surface area contributed by atoms with Crippen molar-refractivity contribution in [1.29, 1.82) is 0 Å². The highest BCUT2D eigenvalue weighted by Gasteiger charge is 2.12. The fourth-order valence-electron chi connectivity index (χ4n) is 2.26. The third-order valence-corrected chi connectivity index (χ3v) is 4.37. The number of methoxy groups -OCH3 is 2. The molecule has 1 aromatic carbocycles. The van der Waals surface area contributed by atoms with E-state index < -0.39 is 0 Å². The Morgan fingerprint density at radius 1 is 1.20 bits per heavy atom. The van der Waals surface area contributed by atoms with E-state index in [2.05, 4.69) is 15.3 Å². The van der Waals surface area contributed by atoms with Crippen LogP contribution in [0.5, 0.6) is 11.5 Å². The van der Waals surface area contributed by atoms with Crippen LogP contribution in [0.15, 0.2) is 48.0 Å². The van der Waals surface area contributed by atoms with E-state index in [0.717, 1.165) is 10.7 Å². The van der Waals surface area contributed by atoms with Gasteiger partial charge in [0.1, 0.15) is 16.5 Å². The zero-order valence-electron chi connectivity index (χ0n) is 13.9. The minimum Gasteiger partial charge on any atom is -0.497 e. The number of benzene rings is 1. The molecule has 2 heterocycles. The number of thiazole rings is 1. The van der Waals surface area contributed by atoms with Gasteiger partial charge in [0.2, 0.25) is 5.91 Å². The summed E-state index contributed by atoms with van der Waals surface area (Å²) in [6.45, 7) is 0. The van der Waals surface area contributed by atoms with Crippen LogP contribution >= 0.6 is 11.3 Å². The standard InChI is InChI=1S/C18H17N3O3S/c1-23-13-6-7-14(16(10-13)24-2)21-17(22)9-12-11-25-18(20-12)15-5-3-4-8-19-15/h3-8,10-11H,9H2,1-2H3,(H,21,22). The molecule has 1 amide bonds. The second kappa shape index (κ2) is 7.76. The number of pyridine rings is 1. The Kier molecular flexibility index (Phi) is 5.25. The van der Waals surface area contributed by atoms with Gasteiger partial charge in [-0.2, -0.15) is 0 Å². The predicted octanol–water partition coefficient (Wildman–Crippen LogP) is 3.40. The molecule has 0 unspecified atom stereocenters. The molecule has 0 aliphatic rings. The molecule has 128 valence electrons. The Morgan fingerprint density at radius 3 is 2.80 bits per heavy atom. The van der Waals surface area contributed by atoms with Crippen molar-refractivity contribution in [2.75, 3.05) is 19.5 Å². The minimum absolute atomic E-state index is 0.165. The van der Waals surface area contributed by atoms with Gasteiger partial charge in [-0.3, -0.25) is 9.78 Å². The lowest BCUT2D eigenvalue weighted by Gasteiger charge is -2.11. The highest BCUT2D eigenvalue weighted by atomic mass is 32.1. The predicted molar refractivity (Wildman–Crippen MR) is 97.2 cm³/mol. The maximum Gasteiger partial charge on any atom is 0.230 e. The van der Waals surface area contributed by atoms with E-state index >= 15 is 0 Å². The molecule has 0 atom stereocenters. The summed E-state index contributed by atoms with van der Waals surface area (Å²) in [4.78, 5) is 21.0. The van der Waals surface area contributed by atoms with Crippen molar-refractivity contribution in [3.05, 3.63) is 53.7 Å². The molecule has 0 radical (unpaired) electrons. The maximum absolute atomic E-state index is 12.3. The first-order valence-corrected chi connectivity index (χ1v) is 8.45. The Morgan fingerprint density at radius 2 is 2.08 bits per heavy atom. The summed E-state index contributed by atoms with van der Waals surface area (Å²) in [7, 11) is 3.12. The zero-order chi connectivity index (χ0) is 17.6. The monoisotopic (exact) mass is 355 g/mol. The SMILES string of the molecule is COc1ccc(NC(=O)Cc2csc(-c3ccccn3)n2)c(OC)c1. The van der Waals surface area contributed by atoms with Gasteiger partial charge >= 0.3 is 0 Å². The van der Waals surface area contributed by atoms with Gasteiger partial charge in [-0.05, 0) is 24.3 Å². The van der Waals surface area contributed by atoms with Gasteiger partial charge in [0, 0.05) is 17.6 Å². The van der Waals surface area contributed by atoms with Crippen molar-refractivity contribution in [3.8, 4) is 22.2 Å². The molecule has 2 aromatic heterocycles. The number of nitrogens with zero attached hydrogens (tertiary/aromatic N) is 2. The molecular weight excluding hydrogens is 338 g/mol. The first-order chi connectivity index (χ1) is 12.2. The molecule has 25 heavy (non-hydrogen) atoms. The van der Waals surface area contributed by atoms with Crippen LogP contribution in [0.1, 0.15) is 5.69 Å². The molecule has 0 fully saturated rings. The summed E-state index contributed by atoms with van der Waals surface area (Å²) in [6, 6.07) is 10.9. The number of ether oxygens (including phenoxy) is 2. The van der Waals surface area contributed by atoms with Crippen molar-refractivity contribution in [1.82, 2.24) is 9.97 Å². The Bertz CT molecular complexity index is 865. The number of hydrogen-bond acceptors (Lipinski definition) is 6. The molecule has 3 rings (SSSR count). The van der Waals surface area contributed by atoms with E-state index in [-0.39, 0.29) is 12.3 Å². The lowest BCUT2D eigenvalue weighted by molar-refractivity contribution is -0.115. The summed E-state index contributed by atoms with van der Waals surface area (Å²) in [5.74, 6) is 1.04. The highest BCUT2D eigenvalue weighted by molar-refractivity contribution is 7.13. The average molecular weight is 355 g/mol. The van der Waals surface area contributed by atoms with E-state index in [1.807, 2.05) is 23.6 Å². The van der Waals surface area contributed by atoms with E-state index in [4.69, 9.17) is 9.47 Å². The van der Waals surface area contributed by atoms with E-state index in [0.29, 0.717) is 22.9 Å². The number of hydrogen-bond donors (Lipinski definition) is 1. The topological polar surface area (TPSA) is 73.3 Å². The quantitative estimate of drug-likeness (QED) is 0.733. The molecular formula is C18H17N3O3S. The van der Waals surface area contributed by atoms with Crippen molar-refractivity contribution < 1.29 is 14.3 Å². The van der Waals surface area contributed by atoms with Gasteiger partial charge in [-0.15, -0.1) is 11.3 Å². The zero-order valence-corrected chi connectivity index (χ0v) is 14.7. The lowest BCUT2D eigenvalue weighted by atomic mass is 10.2. The van der Waals surface area contributed by atoms with Crippen molar-refractivity contribution in [3.63, 3.8) is 0 Å². The third-order valence-electron chi connectivity index (χ3n) is 3.46. The highest BCUT2D eigenvalue weighted by Crippen LogP contribution is 2.29. The van der Waals surface area contributed by atoms with Gasteiger partial charge in [-0.1, -0.05) is 6.07 Å². The molecule has 1 N–H and O–H groups in total. The number of anilines is 1. The Hall–Kier alpha value is -2.93.